The first-order chi connectivity index (χ1) is 4.79. The Bertz CT molecular complexity index is 231. The first-order valence-corrected chi connectivity index (χ1v) is 3.81. The van der Waals surface area contributed by atoms with Crippen molar-refractivity contribution in [3.63, 3.8) is 0 Å². The van der Waals surface area contributed by atoms with Gasteiger partial charge in [-0.1, -0.05) is 18.2 Å². The van der Waals surface area contributed by atoms with Gasteiger partial charge in [-0.25, -0.2) is 4.52 Å². The molecule has 1 atom stereocenters. The Morgan fingerprint density at radius 2 is 1.91 bits per heavy atom. The molecule has 0 aliphatic rings. The summed E-state index contributed by atoms with van der Waals surface area (Å²) >= 11 is 0. The van der Waals surface area contributed by atoms with E-state index in [1.54, 1.807) is 30.3 Å². The van der Waals surface area contributed by atoms with Gasteiger partial charge >= 0.3 is 27.1 Å². The Kier molecular flexibility index (Phi) is 5.19. The summed E-state index contributed by atoms with van der Waals surface area (Å²) < 4.78 is 14.6. The summed E-state index contributed by atoms with van der Waals surface area (Å²) in [4.78, 5) is 8.29. The maximum Gasteiger partial charge on any atom is 1.00 e. The molecule has 0 saturated heterocycles. The number of para-hydroxylation sites is 1. The molecule has 0 saturated carbocycles. The van der Waals surface area contributed by atoms with Crippen molar-refractivity contribution in [1.29, 1.82) is 0 Å². The van der Waals surface area contributed by atoms with E-state index in [0.29, 0.717) is 5.75 Å². The second-order valence-corrected chi connectivity index (χ2v) is 2.30. The van der Waals surface area contributed by atoms with Gasteiger partial charge in [-0.15, -0.1) is 4.89 Å². The summed E-state index contributed by atoms with van der Waals surface area (Å²) in [6, 6.07) is 8.49. The molecule has 0 aliphatic carbocycles. The average Bonchev–Trinajstić information content (AvgIpc) is 1.88. The van der Waals surface area contributed by atoms with Gasteiger partial charge in [0, 0.05) is 4.57 Å². The molecule has 11 heavy (non-hydrogen) atoms. The van der Waals surface area contributed by atoms with Crippen LogP contribution in [0, 0.1) is 0 Å². The van der Waals surface area contributed by atoms with Crippen molar-refractivity contribution in [2.45, 2.75) is 0 Å². The molecule has 5 heteroatoms. The summed E-state index contributed by atoms with van der Waals surface area (Å²) in [7, 11) is -2.53. The minimum atomic E-state index is -2.53. The van der Waals surface area contributed by atoms with Crippen LogP contribution < -0.4 is 23.4 Å². The molecule has 3 nitrogen and oxygen atoms in total. The van der Waals surface area contributed by atoms with E-state index in [1.165, 1.54) is 0 Å². The molecule has 1 unspecified atom stereocenters. The van der Waals surface area contributed by atoms with Crippen LogP contribution in [0.1, 0.15) is 1.43 Å². The van der Waals surface area contributed by atoms with E-state index in [9.17, 15) is 4.57 Å². The van der Waals surface area contributed by atoms with Crippen LogP contribution in [-0.4, -0.2) is 4.89 Å². The topological polar surface area (TPSA) is 46.5 Å². The van der Waals surface area contributed by atoms with Crippen molar-refractivity contribution in [1.82, 2.24) is 0 Å². The summed E-state index contributed by atoms with van der Waals surface area (Å²) in [6.07, 6.45) is 0. The first kappa shape index (κ1) is 10.7. The molecule has 1 aromatic rings. The van der Waals surface area contributed by atoms with Crippen LogP contribution >= 0.6 is 8.25 Å². The predicted molar refractivity (Wildman–Crippen MR) is 38.0 cm³/mol. The van der Waals surface area contributed by atoms with Crippen molar-refractivity contribution >= 4 is 8.25 Å². The molecule has 0 spiro atoms. The van der Waals surface area contributed by atoms with Gasteiger partial charge in [0.1, 0.15) is 0 Å². The maximum atomic E-state index is 10.1. The van der Waals surface area contributed by atoms with Gasteiger partial charge in [-0.3, -0.25) is 0 Å². The molecule has 0 bridgehead atoms. The molecular formula is C6H7LiO3P+. The summed E-state index contributed by atoms with van der Waals surface area (Å²) in [5.74, 6) is 0.408. The van der Waals surface area contributed by atoms with E-state index in [4.69, 9.17) is 4.89 Å². The van der Waals surface area contributed by atoms with Crippen molar-refractivity contribution in [3.8, 4) is 5.75 Å². The fourth-order valence-electron chi connectivity index (χ4n) is 0.572. The third-order valence-electron chi connectivity index (χ3n) is 0.927. The van der Waals surface area contributed by atoms with Crippen LogP contribution in [0.25, 0.3) is 0 Å². The Labute approximate surface area is 79.0 Å². The smallest absolute Gasteiger partial charge is 1.00 e. The molecular weight excluding hydrogens is 158 g/mol. The quantitative estimate of drug-likeness (QED) is 0.443. The van der Waals surface area contributed by atoms with Crippen molar-refractivity contribution < 1.29 is 34.3 Å². The second-order valence-electron chi connectivity index (χ2n) is 1.64. The third kappa shape index (κ3) is 4.18. The van der Waals surface area contributed by atoms with Gasteiger partial charge in [0.25, 0.3) is 0 Å². The van der Waals surface area contributed by atoms with Crippen LogP contribution in [0.2, 0.25) is 0 Å². The number of benzene rings is 1. The molecule has 0 aromatic heterocycles. The normalized spacial score (nSPS) is 9.73. The van der Waals surface area contributed by atoms with Gasteiger partial charge in [0.2, 0.25) is 0 Å². The van der Waals surface area contributed by atoms with Gasteiger partial charge in [-0.05, 0) is 12.1 Å². The molecule has 0 heterocycles. The van der Waals surface area contributed by atoms with E-state index in [0.717, 1.165) is 0 Å². The van der Waals surface area contributed by atoms with E-state index >= 15 is 0 Å². The maximum absolute atomic E-state index is 10.1. The van der Waals surface area contributed by atoms with Crippen LogP contribution in [0.5, 0.6) is 5.75 Å². The monoisotopic (exact) mass is 165 g/mol. The minimum absolute atomic E-state index is 0. The van der Waals surface area contributed by atoms with Crippen LogP contribution in [0.15, 0.2) is 30.3 Å². The van der Waals surface area contributed by atoms with Gasteiger partial charge in [-0.2, -0.15) is 0 Å². The van der Waals surface area contributed by atoms with Crippen molar-refractivity contribution in [2.24, 2.45) is 0 Å². The Morgan fingerprint density at radius 1 is 1.36 bits per heavy atom. The predicted octanol–water partition coefficient (Wildman–Crippen LogP) is -1.17. The summed E-state index contributed by atoms with van der Waals surface area (Å²) in [6.45, 7) is 0. The molecule has 0 fully saturated rings. The SMILES string of the molecule is O=[P+](O)Oc1ccccc1.[H-].[Li+]. The Balaban J connectivity index is 0. The van der Waals surface area contributed by atoms with E-state index in [2.05, 4.69) is 4.52 Å². The van der Waals surface area contributed by atoms with Crippen molar-refractivity contribution in [3.05, 3.63) is 30.3 Å². The summed E-state index contributed by atoms with van der Waals surface area (Å²) in [5, 5.41) is 0. The average molecular weight is 165 g/mol. The van der Waals surface area contributed by atoms with Crippen LogP contribution in [-0.2, 0) is 4.57 Å². The van der Waals surface area contributed by atoms with E-state index < -0.39 is 8.25 Å². The van der Waals surface area contributed by atoms with Crippen molar-refractivity contribution in [2.75, 3.05) is 0 Å². The first-order valence-electron chi connectivity index (χ1n) is 2.68. The van der Waals surface area contributed by atoms with Gasteiger partial charge in [0.05, 0.1) is 0 Å². The molecule has 0 aliphatic heterocycles. The molecule has 0 amide bonds. The van der Waals surface area contributed by atoms with E-state index in [1.807, 2.05) is 0 Å². The number of rotatable bonds is 2. The fraction of sp³-hybridized carbons (Fsp3) is 0. The Morgan fingerprint density at radius 3 is 2.36 bits per heavy atom. The second kappa shape index (κ2) is 5.34. The Hall–Kier alpha value is -0.323. The number of hydrogen-bond acceptors (Lipinski definition) is 2. The third-order valence-corrected chi connectivity index (χ3v) is 1.29. The van der Waals surface area contributed by atoms with Gasteiger partial charge < -0.3 is 1.43 Å². The van der Waals surface area contributed by atoms with Crippen LogP contribution in [0.4, 0.5) is 0 Å². The molecule has 54 valence electrons. The molecule has 1 N–H and O–H groups in total. The molecule has 0 radical (unpaired) electrons. The number of hydrogen-bond donors (Lipinski definition) is 1. The van der Waals surface area contributed by atoms with E-state index in [-0.39, 0.29) is 20.3 Å². The van der Waals surface area contributed by atoms with Gasteiger partial charge in [0.15, 0.2) is 5.75 Å². The minimum Gasteiger partial charge on any atom is -1.00 e. The fourth-order valence-corrected chi connectivity index (χ4v) is 0.874. The largest absolute Gasteiger partial charge is 1.00 e. The summed E-state index contributed by atoms with van der Waals surface area (Å²) in [5.41, 5.74) is 0. The zero-order valence-corrected chi connectivity index (χ0v) is 6.99. The standard InChI is InChI=1S/C6H5O3P.Li.H/c7-10(8)9-6-4-2-1-3-5-6;;/h1-5H;;/q;+1;-1/p+1. The molecule has 1 rings (SSSR count). The zero-order chi connectivity index (χ0) is 7.40. The zero-order valence-electron chi connectivity index (χ0n) is 7.10. The van der Waals surface area contributed by atoms with Crippen LogP contribution in [0.3, 0.4) is 0 Å². The molecule has 1 aromatic carbocycles.